The van der Waals surface area contributed by atoms with Crippen molar-refractivity contribution < 1.29 is 0 Å². The molecule has 24 heavy (non-hydrogen) atoms. The molecule has 0 fully saturated rings. The molecule has 122 valence electrons. The van der Waals surface area contributed by atoms with E-state index in [2.05, 4.69) is 44.2 Å². The molecule has 3 rings (SSSR count). The van der Waals surface area contributed by atoms with Gasteiger partial charge in [-0.15, -0.1) is 0 Å². The van der Waals surface area contributed by atoms with Crippen molar-refractivity contribution in [2.24, 2.45) is 0 Å². The maximum absolute atomic E-state index is 4.45. The minimum Gasteiger partial charge on any atom is -0.231 e. The molecule has 0 radical (unpaired) electrons. The third-order valence-electron chi connectivity index (χ3n) is 3.38. The first kappa shape index (κ1) is 16.9. The number of hydrogen-bond acceptors (Lipinski definition) is 6. The first-order chi connectivity index (χ1) is 11.7. The van der Waals surface area contributed by atoms with Crippen LogP contribution in [0.2, 0.25) is 0 Å². The Labute approximate surface area is 150 Å². The van der Waals surface area contributed by atoms with Crippen molar-refractivity contribution in [2.75, 3.05) is 0 Å². The smallest absolute Gasteiger partial charge is 0.188 e. The van der Waals surface area contributed by atoms with Crippen LogP contribution >= 0.6 is 23.5 Å². The maximum Gasteiger partial charge on any atom is 0.188 e. The Morgan fingerprint density at radius 2 is 1.17 bits per heavy atom. The monoisotopic (exact) mass is 354 g/mol. The van der Waals surface area contributed by atoms with E-state index in [9.17, 15) is 0 Å². The summed E-state index contributed by atoms with van der Waals surface area (Å²) in [5, 5.41) is 1.64. The molecule has 0 unspecified atom stereocenters. The lowest BCUT2D eigenvalue weighted by atomic mass is 10.1. The van der Waals surface area contributed by atoms with Crippen LogP contribution in [-0.2, 0) is 11.5 Å². The van der Waals surface area contributed by atoms with Crippen LogP contribution < -0.4 is 0 Å². The average Bonchev–Trinajstić information content (AvgIpc) is 2.59. The molecule has 6 heteroatoms. The minimum absolute atomic E-state index is 0.819. The van der Waals surface area contributed by atoms with E-state index >= 15 is 0 Å². The van der Waals surface area contributed by atoms with Gasteiger partial charge in [0.05, 0.1) is 0 Å². The molecule has 0 saturated heterocycles. The van der Waals surface area contributed by atoms with Crippen LogP contribution in [0.25, 0.3) is 0 Å². The Morgan fingerprint density at radius 1 is 0.708 bits per heavy atom. The summed E-state index contributed by atoms with van der Waals surface area (Å²) in [7, 11) is 0. The molecule has 0 saturated carbocycles. The van der Waals surface area contributed by atoms with E-state index in [0.717, 1.165) is 33.2 Å². The van der Waals surface area contributed by atoms with E-state index in [-0.39, 0.29) is 0 Å². The van der Waals surface area contributed by atoms with Crippen molar-refractivity contribution in [1.29, 1.82) is 0 Å². The molecule has 0 N–H and O–H groups in total. The van der Waals surface area contributed by atoms with Gasteiger partial charge in [0.2, 0.25) is 0 Å². The number of nitrogens with zero attached hydrogens (tertiary/aromatic N) is 4. The summed E-state index contributed by atoms with van der Waals surface area (Å²) in [6.45, 7) is 3.97. The molecule has 0 aliphatic carbocycles. The SMILES string of the molecule is Cc1ccnc(SCc2ccccc2CSc2nccc(C)n2)n1. The first-order valence-electron chi connectivity index (χ1n) is 7.62. The second-order valence-electron chi connectivity index (χ2n) is 5.31. The third-order valence-corrected chi connectivity index (χ3v) is 5.20. The van der Waals surface area contributed by atoms with Gasteiger partial charge >= 0.3 is 0 Å². The van der Waals surface area contributed by atoms with Crippen LogP contribution in [0, 0.1) is 13.8 Å². The number of thioether (sulfide) groups is 2. The highest BCUT2D eigenvalue weighted by atomic mass is 32.2. The molecule has 2 heterocycles. The second kappa shape index (κ2) is 8.26. The van der Waals surface area contributed by atoms with Crippen LogP contribution in [0.3, 0.4) is 0 Å². The first-order valence-corrected chi connectivity index (χ1v) is 9.59. The molecule has 0 aliphatic rings. The number of hydrogen-bond donors (Lipinski definition) is 0. The lowest BCUT2D eigenvalue weighted by Gasteiger charge is -2.08. The van der Waals surface area contributed by atoms with Crippen molar-refractivity contribution in [2.45, 2.75) is 35.7 Å². The highest BCUT2D eigenvalue weighted by Gasteiger charge is 2.06. The number of benzene rings is 1. The number of aromatic nitrogens is 4. The molecule has 2 aromatic heterocycles. The lowest BCUT2D eigenvalue weighted by Crippen LogP contribution is -1.94. The second-order valence-corrected chi connectivity index (χ2v) is 7.19. The number of rotatable bonds is 6. The summed E-state index contributed by atoms with van der Waals surface area (Å²) >= 11 is 3.33. The zero-order chi connectivity index (χ0) is 16.8. The van der Waals surface area contributed by atoms with Crippen LogP contribution in [0.15, 0.2) is 59.1 Å². The Hall–Kier alpha value is -1.92. The molecule has 0 spiro atoms. The Kier molecular flexibility index (Phi) is 5.82. The fourth-order valence-corrected chi connectivity index (χ4v) is 3.93. The highest BCUT2D eigenvalue weighted by Crippen LogP contribution is 2.26. The molecule has 0 bridgehead atoms. The normalized spacial score (nSPS) is 10.8. The minimum atomic E-state index is 0.819. The van der Waals surface area contributed by atoms with Crippen LogP contribution in [0.5, 0.6) is 0 Å². The lowest BCUT2D eigenvalue weighted by molar-refractivity contribution is 0.930. The van der Waals surface area contributed by atoms with Gasteiger partial charge in [-0.1, -0.05) is 47.8 Å². The fourth-order valence-electron chi connectivity index (χ4n) is 2.11. The third kappa shape index (κ3) is 4.79. The van der Waals surface area contributed by atoms with Gasteiger partial charge in [-0.3, -0.25) is 0 Å². The van der Waals surface area contributed by atoms with Gasteiger partial charge in [-0.2, -0.15) is 0 Å². The molecule has 4 nitrogen and oxygen atoms in total. The largest absolute Gasteiger partial charge is 0.231 e. The predicted octanol–water partition coefficient (Wildman–Crippen LogP) is 4.47. The summed E-state index contributed by atoms with van der Waals surface area (Å²) in [5.41, 5.74) is 4.58. The molecule has 0 amide bonds. The van der Waals surface area contributed by atoms with Crippen molar-refractivity contribution in [3.05, 3.63) is 71.3 Å². The van der Waals surface area contributed by atoms with Crippen molar-refractivity contribution in [3.8, 4) is 0 Å². The van der Waals surface area contributed by atoms with E-state index in [1.165, 1.54) is 11.1 Å². The Morgan fingerprint density at radius 3 is 1.58 bits per heavy atom. The van der Waals surface area contributed by atoms with Gasteiger partial charge in [-0.25, -0.2) is 19.9 Å². The molecule has 0 aliphatic heterocycles. The van der Waals surface area contributed by atoms with Gasteiger partial charge in [0.1, 0.15) is 0 Å². The number of aryl methyl sites for hydroxylation is 2. The van der Waals surface area contributed by atoms with Crippen LogP contribution in [0.1, 0.15) is 22.5 Å². The maximum atomic E-state index is 4.45. The van der Waals surface area contributed by atoms with Gasteiger partial charge in [-0.05, 0) is 37.1 Å². The van der Waals surface area contributed by atoms with E-state index < -0.39 is 0 Å². The van der Waals surface area contributed by atoms with Gasteiger partial charge in [0.25, 0.3) is 0 Å². The van der Waals surface area contributed by atoms with E-state index in [0.29, 0.717) is 0 Å². The van der Waals surface area contributed by atoms with Crippen molar-refractivity contribution >= 4 is 23.5 Å². The summed E-state index contributed by atoms with van der Waals surface area (Å²) in [6, 6.07) is 12.3. The highest BCUT2D eigenvalue weighted by molar-refractivity contribution is 7.98. The Bertz CT molecular complexity index is 755. The van der Waals surface area contributed by atoms with Crippen molar-refractivity contribution in [3.63, 3.8) is 0 Å². The van der Waals surface area contributed by atoms with Gasteiger partial charge in [0.15, 0.2) is 10.3 Å². The topological polar surface area (TPSA) is 51.6 Å². The quantitative estimate of drug-likeness (QED) is 0.481. The van der Waals surface area contributed by atoms with Gasteiger partial charge < -0.3 is 0 Å². The van der Waals surface area contributed by atoms with E-state index in [1.54, 1.807) is 23.5 Å². The molecule has 3 aromatic rings. The summed E-state index contributed by atoms with van der Waals surface area (Å²) in [4.78, 5) is 17.5. The van der Waals surface area contributed by atoms with Crippen LogP contribution in [0.4, 0.5) is 0 Å². The molecule has 0 atom stereocenters. The average molecular weight is 355 g/mol. The summed E-state index contributed by atoms with van der Waals surface area (Å²) < 4.78 is 0. The predicted molar refractivity (Wildman–Crippen MR) is 99.1 cm³/mol. The Balaban J connectivity index is 1.66. The zero-order valence-corrected chi connectivity index (χ0v) is 15.3. The van der Waals surface area contributed by atoms with E-state index in [4.69, 9.17) is 0 Å². The molecular weight excluding hydrogens is 336 g/mol. The zero-order valence-electron chi connectivity index (χ0n) is 13.6. The van der Waals surface area contributed by atoms with E-state index in [1.807, 2.05) is 38.4 Å². The summed E-state index contributed by atoms with van der Waals surface area (Å²) in [6.07, 6.45) is 3.61. The molecule has 1 aromatic carbocycles. The molecular formula is C18H18N4S2. The van der Waals surface area contributed by atoms with Gasteiger partial charge in [0, 0.05) is 35.3 Å². The standard InChI is InChI=1S/C18H18N4S2/c1-13-7-9-19-17(21-13)23-11-15-5-3-4-6-16(15)12-24-18-20-10-8-14(2)22-18/h3-10H,11-12H2,1-2H3. The summed E-state index contributed by atoms with van der Waals surface area (Å²) in [5.74, 6) is 1.71. The van der Waals surface area contributed by atoms with Crippen LogP contribution in [-0.4, -0.2) is 19.9 Å². The fraction of sp³-hybridized carbons (Fsp3) is 0.222. The van der Waals surface area contributed by atoms with Crippen molar-refractivity contribution in [1.82, 2.24) is 19.9 Å².